The summed E-state index contributed by atoms with van der Waals surface area (Å²) in [6.45, 7) is 0. The minimum Gasteiger partial charge on any atom is -0.375 e. The molecule has 84 valence electrons. The summed E-state index contributed by atoms with van der Waals surface area (Å²) in [4.78, 5) is 4.99. The van der Waals surface area contributed by atoms with Crippen LogP contribution >= 0.6 is 46.1 Å². The molecule has 16 heavy (non-hydrogen) atoms. The van der Waals surface area contributed by atoms with Crippen LogP contribution in [0.3, 0.4) is 0 Å². The molecule has 0 aliphatic rings. The maximum atomic E-state index is 6.08. The second-order valence-corrected chi connectivity index (χ2v) is 5.59. The zero-order valence-electron chi connectivity index (χ0n) is 8.01. The largest absolute Gasteiger partial charge is 0.375 e. The molecule has 2 nitrogen and oxygen atoms in total. The van der Waals surface area contributed by atoms with Crippen LogP contribution in [0.1, 0.15) is 10.4 Å². The Hall–Kier alpha value is -0.480. The van der Waals surface area contributed by atoms with Crippen molar-refractivity contribution >= 4 is 51.3 Å². The van der Waals surface area contributed by atoms with Crippen molar-refractivity contribution in [1.29, 1.82) is 0 Å². The highest BCUT2D eigenvalue weighted by Gasteiger charge is 2.10. The number of nitrogen functional groups attached to an aromatic ring is 1. The van der Waals surface area contributed by atoms with Gasteiger partial charge in [0.1, 0.15) is 0 Å². The lowest BCUT2D eigenvalue weighted by Crippen LogP contribution is -1.88. The van der Waals surface area contributed by atoms with Gasteiger partial charge in [-0.05, 0) is 17.7 Å². The van der Waals surface area contributed by atoms with E-state index in [0.29, 0.717) is 26.6 Å². The zero-order valence-corrected chi connectivity index (χ0v) is 11.1. The first kappa shape index (κ1) is 12.0. The van der Waals surface area contributed by atoms with Crippen LogP contribution in [0, 0.1) is 0 Å². The lowest BCUT2D eigenvalue weighted by Gasteiger charge is -2.05. The Bertz CT molecular complexity index is 502. The second-order valence-electron chi connectivity index (χ2n) is 3.19. The normalized spacial score (nSPS) is 10.7. The molecule has 0 atom stereocenters. The number of nitrogens with two attached hydrogens (primary N) is 1. The van der Waals surface area contributed by atoms with Crippen molar-refractivity contribution in [3.63, 3.8) is 0 Å². The van der Waals surface area contributed by atoms with E-state index >= 15 is 0 Å². The topological polar surface area (TPSA) is 38.9 Å². The lowest BCUT2D eigenvalue weighted by molar-refractivity contribution is 1.22. The minimum atomic E-state index is 0.530. The molecule has 0 saturated carbocycles. The molecule has 0 aliphatic heterocycles. The van der Waals surface area contributed by atoms with E-state index in [1.807, 2.05) is 0 Å². The molecular formula is C10H7Cl3N2S. The van der Waals surface area contributed by atoms with Crippen molar-refractivity contribution in [1.82, 2.24) is 4.98 Å². The Morgan fingerprint density at radius 3 is 2.31 bits per heavy atom. The molecule has 2 N–H and O–H groups in total. The Morgan fingerprint density at radius 2 is 1.81 bits per heavy atom. The minimum absolute atomic E-state index is 0.530. The fraction of sp³-hybridized carbons (Fsp3) is 0.100. The number of thiazole rings is 1. The maximum Gasteiger partial charge on any atom is 0.180 e. The van der Waals surface area contributed by atoms with Crippen molar-refractivity contribution in [2.24, 2.45) is 0 Å². The summed E-state index contributed by atoms with van der Waals surface area (Å²) < 4.78 is 0. The molecule has 2 rings (SSSR count). The Labute approximate surface area is 112 Å². The van der Waals surface area contributed by atoms with Crippen LogP contribution in [0.15, 0.2) is 18.3 Å². The van der Waals surface area contributed by atoms with Crippen LogP contribution in [-0.4, -0.2) is 4.98 Å². The van der Waals surface area contributed by atoms with Gasteiger partial charge < -0.3 is 5.73 Å². The Kier molecular flexibility index (Phi) is 3.60. The second kappa shape index (κ2) is 4.80. The van der Waals surface area contributed by atoms with Crippen LogP contribution in [0.2, 0.25) is 15.1 Å². The highest BCUT2D eigenvalue weighted by atomic mass is 35.5. The molecule has 6 heteroatoms. The number of nitrogens with zero attached hydrogens (tertiary/aromatic N) is 1. The van der Waals surface area contributed by atoms with Gasteiger partial charge in [0, 0.05) is 32.6 Å². The molecule has 0 aliphatic carbocycles. The highest BCUT2D eigenvalue weighted by Crippen LogP contribution is 2.32. The van der Waals surface area contributed by atoms with Gasteiger partial charge in [-0.25, -0.2) is 4.98 Å². The summed E-state index contributed by atoms with van der Waals surface area (Å²) in [6, 6.07) is 3.35. The molecule has 0 spiro atoms. The van der Waals surface area contributed by atoms with E-state index < -0.39 is 0 Å². The third-order valence-corrected chi connectivity index (χ3v) is 3.75. The van der Waals surface area contributed by atoms with Crippen molar-refractivity contribution < 1.29 is 0 Å². The van der Waals surface area contributed by atoms with Gasteiger partial charge in [-0.1, -0.05) is 34.8 Å². The molecule has 0 amide bonds. The summed E-state index contributed by atoms with van der Waals surface area (Å²) in [5, 5.41) is 2.19. The van der Waals surface area contributed by atoms with Gasteiger partial charge in [-0.3, -0.25) is 0 Å². The smallest absolute Gasteiger partial charge is 0.180 e. The molecule has 0 fully saturated rings. The van der Waals surface area contributed by atoms with Crippen LogP contribution in [0.5, 0.6) is 0 Å². The summed E-state index contributed by atoms with van der Waals surface area (Å²) in [6.07, 6.45) is 2.34. The van der Waals surface area contributed by atoms with E-state index in [1.54, 1.807) is 18.3 Å². The first-order valence-corrected chi connectivity index (χ1v) is 6.35. The van der Waals surface area contributed by atoms with Gasteiger partial charge in [0.05, 0.1) is 0 Å². The monoisotopic (exact) mass is 292 g/mol. The number of anilines is 1. The Balaban J connectivity index is 2.34. The first-order valence-electron chi connectivity index (χ1n) is 4.40. The summed E-state index contributed by atoms with van der Waals surface area (Å²) in [7, 11) is 0. The fourth-order valence-electron chi connectivity index (χ4n) is 1.32. The zero-order chi connectivity index (χ0) is 11.7. The standard InChI is InChI=1S/C10H7Cl3N2S/c11-5-1-8(12)7(9(13)2-5)3-6-4-15-10(14)16-6/h1-2,4H,3H2,(H2,14,15). The predicted octanol–water partition coefficient (Wildman–Crippen LogP) is 4.28. The summed E-state index contributed by atoms with van der Waals surface area (Å²) in [5.74, 6) is 0. The van der Waals surface area contributed by atoms with E-state index in [4.69, 9.17) is 40.5 Å². The van der Waals surface area contributed by atoms with Crippen LogP contribution in [0.4, 0.5) is 5.13 Å². The fourth-order valence-corrected chi connectivity index (χ4v) is 2.97. The number of rotatable bonds is 2. The first-order chi connectivity index (χ1) is 7.56. The SMILES string of the molecule is Nc1ncc(Cc2c(Cl)cc(Cl)cc2Cl)s1. The molecule has 0 bridgehead atoms. The van der Waals surface area contributed by atoms with Crippen LogP contribution < -0.4 is 5.73 Å². The molecule has 0 unspecified atom stereocenters. The average molecular weight is 294 g/mol. The molecule has 0 saturated heterocycles. The molecule has 1 heterocycles. The molecular weight excluding hydrogens is 287 g/mol. The van der Waals surface area contributed by atoms with Gasteiger partial charge >= 0.3 is 0 Å². The Morgan fingerprint density at radius 1 is 1.19 bits per heavy atom. The number of halogens is 3. The number of benzene rings is 1. The van der Waals surface area contributed by atoms with Gasteiger partial charge in [0.15, 0.2) is 5.13 Å². The van der Waals surface area contributed by atoms with Crippen LogP contribution in [-0.2, 0) is 6.42 Å². The van der Waals surface area contributed by atoms with Gasteiger partial charge in [-0.15, -0.1) is 11.3 Å². The van der Waals surface area contributed by atoms with E-state index in [2.05, 4.69) is 4.98 Å². The van der Waals surface area contributed by atoms with E-state index in [9.17, 15) is 0 Å². The van der Waals surface area contributed by atoms with Crippen molar-refractivity contribution in [3.05, 3.63) is 43.8 Å². The highest BCUT2D eigenvalue weighted by molar-refractivity contribution is 7.15. The number of aromatic nitrogens is 1. The van der Waals surface area contributed by atoms with Crippen molar-refractivity contribution in [2.75, 3.05) is 5.73 Å². The van der Waals surface area contributed by atoms with Gasteiger partial charge in [-0.2, -0.15) is 0 Å². The van der Waals surface area contributed by atoms with Gasteiger partial charge in [0.25, 0.3) is 0 Å². The molecule has 2 aromatic rings. The van der Waals surface area contributed by atoms with E-state index in [1.165, 1.54) is 11.3 Å². The predicted molar refractivity (Wildman–Crippen MR) is 70.8 cm³/mol. The van der Waals surface area contributed by atoms with E-state index in [0.717, 1.165) is 10.4 Å². The van der Waals surface area contributed by atoms with E-state index in [-0.39, 0.29) is 0 Å². The quantitative estimate of drug-likeness (QED) is 0.897. The molecule has 1 aromatic carbocycles. The molecule has 0 radical (unpaired) electrons. The average Bonchev–Trinajstić information content (AvgIpc) is 2.58. The van der Waals surface area contributed by atoms with Gasteiger partial charge in [0.2, 0.25) is 0 Å². The third kappa shape index (κ3) is 2.61. The summed E-state index contributed by atoms with van der Waals surface area (Å²) >= 11 is 19.4. The van der Waals surface area contributed by atoms with Crippen LogP contribution in [0.25, 0.3) is 0 Å². The van der Waals surface area contributed by atoms with Crippen molar-refractivity contribution in [3.8, 4) is 0 Å². The summed E-state index contributed by atoms with van der Waals surface area (Å²) in [5.41, 5.74) is 6.40. The lowest BCUT2D eigenvalue weighted by atomic mass is 10.1. The maximum absolute atomic E-state index is 6.08. The number of hydrogen-bond donors (Lipinski definition) is 1. The third-order valence-electron chi connectivity index (χ3n) is 2.03. The number of hydrogen-bond acceptors (Lipinski definition) is 3. The molecule has 1 aromatic heterocycles. The van der Waals surface area contributed by atoms with Crippen molar-refractivity contribution in [2.45, 2.75) is 6.42 Å².